The number of amides is 4. The average molecular weight is 350 g/mol. The van der Waals surface area contributed by atoms with E-state index in [1.54, 1.807) is 29.2 Å². The molecule has 0 aliphatic carbocycles. The van der Waals surface area contributed by atoms with Gasteiger partial charge in [0.05, 0.1) is 10.6 Å². The quantitative estimate of drug-likeness (QED) is 0.833. The van der Waals surface area contributed by atoms with Crippen molar-refractivity contribution in [3.05, 3.63) is 34.9 Å². The second kappa shape index (κ2) is 6.09. The predicted octanol–water partition coefficient (Wildman–Crippen LogP) is 2.28. The van der Waals surface area contributed by atoms with Crippen molar-refractivity contribution in [1.29, 1.82) is 0 Å². The zero-order valence-electron chi connectivity index (χ0n) is 13.7. The summed E-state index contributed by atoms with van der Waals surface area (Å²) in [6.07, 6.45) is 0.827. The average Bonchev–Trinajstić information content (AvgIpc) is 2.78. The molecule has 1 aromatic rings. The van der Waals surface area contributed by atoms with Crippen LogP contribution < -0.4 is 5.32 Å². The smallest absolute Gasteiger partial charge is 0.325 e. The fourth-order valence-electron chi connectivity index (χ4n) is 3.35. The van der Waals surface area contributed by atoms with Gasteiger partial charge in [0.2, 0.25) is 0 Å². The number of hydrogen-bond acceptors (Lipinski definition) is 3. The molecule has 2 saturated heterocycles. The van der Waals surface area contributed by atoms with Gasteiger partial charge >= 0.3 is 6.03 Å². The standard InChI is InChI=1S/C17H20ClN3O3/c1-11(2)21-15(23)17(19-16(21)24)7-9-20(10-8-17)14(22)12-5-3-4-6-13(12)18/h3-6,11H,7-10H2,1-2H3,(H,19,24). The Morgan fingerprint density at radius 2 is 1.83 bits per heavy atom. The number of nitrogens with one attached hydrogen (secondary N) is 1. The van der Waals surface area contributed by atoms with Crippen molar-refractivity contribution in [2.24, 2.45) is 0 Å². The monoisotopic (exact) mass is 349 g/mol. The summed E-state index contributed by atoms with van der Waals surface area (Å²) in [7, 11) is 0. The number of rotatable bonds is 2. The van der Waals surface area contributed by atoms with Crippen LogP contribution in [0.15, 0.2) is 24.3 Å². The molecule has 7 heteroatoms. The third kappa shape index (κ3) is 2.65. The van der Waals surface area contributed by atoms with E-state index in [2.05, 4.69) is 5.32 Å². The number of carbonyl (C=O) groups is 3. The van der Waals surface area contributed by atoms with E-state index in [0.717, 1.165) is 0 Å². The summed E-state index contributed by atoms with van der Waals surface area (Å²) in [5.74, 6) is -0.333. The van der Waals surface area contributed by atoms with Gasteiger partial charge in [-0.05, 0) is 38.8 Å². The van der Waals surface area contributed by atoms with Crippen molar-refractivity contribution in [3.8, 4) is 0 Å². The van der Waals surface area contributed by atoms with Crippen molar-refractivity contribution in [2.45, 2.75) is 38.3 Å². The first-order chi connectivity index (χ1) is 11.4. The molecule has 1 N–H and O–H groups in total. The van der Waals surface area contributed by atoms with Gasteiger partial charge in [-0.3, -0.25) is 14.5 Å². The summed E-state index contributed by atoms with van der Waals surface area (Å²) in [4.78, 5) is 40.3. The van der Waals surface area contributed by atoms with E-state index >= 15 is 0 Å². The minimum absolute atomic E-state index is 0.145. The molecule has 3 rings (SSSR count). The van der Waals surface area contributed by atoms with Gasteiger partial charge in [0.15, 0.2) is 0 Å². The van der Waals surface area contributed by atoms with E-state index in [0.29, 0.717) is 36.5 Å². The van der Waals surface area contributed by atoms with Gasteiger partial charge < -0.3 is 10.2 Å². The Balaban J connectivity index is 1.73. The predicted molar refractivity (Wildman–Crippen MR) is 89.8 cm³/mol. The Kier molecular flexibility index (Phi) is 4.25. The summed E-state index contributed by atoms with van der Waals surface area (Å²) in [5.41, 5.74) is -0.417. The Morgan fingerprint density at radius 3 is 2.38 bits per heavy atom. The van der Waals surface area contributed by atoms with E-state index in [9.17, 15) is 14.4 Å². The van der Waals surface area contributed by atoms with Crippen LogP contribution in [0.4, 0.5) is 4.79 Å². The molecule has 128 valence electrons. The van der Waals surface area contributed by atoms with Crippen molar-refractivity contribution in [2.75, 3.05) is 13.1 Å². The molecule has 0 radical (unpaired) electrons. The Bertz CT molecular complexity index is 696. The van der Waals surface area contributed by atoms with Gasteiger partial charge in [-0.1, -0.05) is 23.7 Å². The molecule has 0 unspecified atom stereocenters. The highest BCUT2D eigenvalue weighted by Gasteiger charge is 2.53. The normalized spacial score (nSPS) is 20.0. The third-order valence-electron chi connectivity index (χ3n) is 4.72. The van der Waals surface area contributed by atoms with Crippen LogP contribution in [0.1, 0.15) is 37.0 Å². The minimum atomic E-state index is -0.876. The molecule has 1 aromatic carbocycles. The maximum absolute atomic E-state index is 12.7. The highest BCUT2D eigenvalue weighted by molar-refractivity contribution is 6.33. The molecular weight excluding hydrogens is 330 g/mol. The van der Waals surface area contributed by atoms with Gasteiger partial charge in [-0.25, -0.2) is 4.79 Å². The van der Waals surface area contributed by atoms with Gasteiger partial charge in [0, 0.05) is 19.1 Å². The van der Waals surface area contributed by atoms with Crippen LogP contribution >= 0.6 is 11.6 Å². The van der Waals surface area contributed by atoms with Crippen molar-refractivity contribution in [3.63, 3.8) is 0 Å². The zero-order valence-corrected chi connectivity index (χ0v) is 14.5. The highest BCUT2D eigenvalue weighted by Crippen LogP contribution is 2.31. The first-order valence-electron chi connectivity index (χ1n) is 8.05. The van der Waals surface area contributed by atoms with Crippen molar-refractivity contribution < 1.29 is 14.4 Å². The molecule has 0 aromatic heterocycles. The molecule has 0 atom stereocenters. The molecule has 0 saturated carbocycles. The largest absolute Gasteiger partial charge is 0.338 e. The highest BCUT2D eigenvalue weighted by atomic mass is 35.5. The van der Waals surface area contributed by atoms with Crippen LogP contribution in [0.25, 0.3) is 0 Å². The molecule has 6 nitrogen and oxygen atoms in total. The number of likely N-dealkylation sites (tertiary alicyclic amines) is 1. The van der Waals surface area contributed by atoms with Crippen LogP contribution in [0.5, 0.6) is 0 Å². The molecule has 0 bridgehead atoms. The van der Waals surface area contributed by atoms with E-state index in [-0.39, 0.29) is 23.9 Å². The molecule has 2 aliphatic rings. The Hall–Kier alpha value is -2.08. The Labute approximate surface area is 145 Å². The second-order valence-corrected chi connectivity index (χ2v) is 6.96. The van der Waals surface area contributed by atoms with Gasteiger partial charge in [-0.15, -0.1) is 0 Å². The van der Waals surface area contributed by atoms with E-state index in [4.69, 9.17) is 11.6 Å². The molecule has 2 fully saturated rings. The van der Waals surface area contributed by atoms with Crippen LogP contribution in [0.2, 0.25) is 5.02 Å². The number of benzene rings is 1. The fourth-order valence-corrected chi connectivity index (χ4v) is 3.56. The lowest BCUT2D eigenvalue weighted by molar-refractivity contribution is -0.133. The van der Waals surface area contributed by atoms with Crippen LogP contribution in [-0.2, 0) is 4.79 Å². The van der Waals surface area contributed by atoms with Crippen LogP contribution in [-0.4, -0.2) is 52.3 Å². The zero-order chi connectivity index (χ0) is 17.5. The minimum Gasteiger partial charge on any atom is -0.338 e. The molecule has 2 heterocycles. The lowest BCUT2D eigenvalue weighted by Crippen LogP contribution is -2.56. The lowest BCUT2D eigenvalue weighted by Gasteiger charge is -2.37. The number of piperidine rings is 1. The summed E-state index contributed by atoms with van der Waals surface area (Å²) in [6.45, 7) is 4.43. The number of imide groups is 1. The fraction of sp³-hybridized carbons (Fsp3) is 0.471. The number of nitrogens with zero attached hydrogens (tertiary/aromatic N) is 2. The van der Waals surface area contributed by atoms with Crippen molar-refractivity contribution in [1.82, 2.24) is 15.1 Å². The second-order valence-electron chi connectivity index (χ2n) is 6.55. The summed E-state index contributed by atoms with van der Waals surface area (Å²) < 4.78 is 0. The number of urea groups is 1. The van der Waals surface area contributed by atoms with Crippen molar-refractivity contribution >= 4 is 29.4 Å². The topological polar surface area (TPSA) is 69.7 Å². The number of carbonyl (C=O) groups excluding carboxylic acids is 3. The maximum atomic E-state index is 12.7. The number of hydrogen-bond donors (Lipinski definition) is 1. The first kappa shape index (κ1) is 16.8. The first-order valence-corrected chi connectivity index (χ1v) is 8.43. The maximum Gasteiger partial charge on any atom is 0.325 e. The summed E-state index contributed by atoms with van der Waals surface area (Å²) in [5, 5.41) is 3.25. The molecule has 4 amide bonds. The molecular formula is C17H20ClN3O3. The van der Waals surface area contributed by atoms with Crippen LogP contribution in [0.3, 0.4) is 0 Å². The summed E-state index contributed by atoms with van der Waals surface area (Å²) in [6, 6.07) is 6.39. The lowest BCUT2D eigenvalue weighted by atomic mass is 9.87. The molecule has 24 heavy (non-hydrogen) atoms. The van der Waals surface area contributed by atoms with Gasteiger partial charge in [-0.2, -0.15) is 0 Å². The number of halogens is 1. The van der Waals surface area contributed by atoms with Gasteiger partial charge in [0.25, 0.3) is 11.8 Å². The Morgan fingerprint density at radius 1 is 1.21 bits per heavy atom. The molecule has 2 aliphatic heterocycles. The van der Waals surface area contributed by atoms with Crippen LogP contribution in [0, 0.1) is 0 Å². The van der Waals surface area contributed by atoms with Gasteiger partial charge in [0.1, 0.15) is 5.54 Å². The molecule has 1 spiro atoms. The third-order valence-corrected chi connectivity index (χ3v) is 5.05. The SMILES string of the molecule is CC(C)N1C(=O)NC2(CCN(C(=O)c3ccccc3Cl)CC2)C1=O. The summed E-state index contributed by atoms with van der Waals surface area (Å²) >= 11 is 6.09. The van der Waals surface area contributed by atoms with E-state index < -0.39 is 5.54 Å². The van der Waals surface area contributed by atoms with E-state index in [1.807, 2.05) is 13.8 Å². The van der Waals surface area contributed by atoms with E-state index in [1.165, 1.54) is 4.90 Å².